The third-order valence-corrected chi connectivity index (χ3v) is 3.33. The van der Waals surface area contributed by atoms with Gasteiger partial charge in [-0.05, 0) is 37.2 Å². The molecule has 3 heteroatoms. The van der Waals surface area contributed by atoms with Crippen molar-refractivity contribution in [2.45, 2.75) is 24.7 Å². The Balaban J connectivity index is 2.12. The van der Waals surface area contributed by atoms with Gasteiger partial charge in [0.2, 0.25) is 0 Å². The minimum Gasteiger partial charge on any atom is -0.497 e. The molecule has 0 fully saturated rings. The van der Waals surface area contributed by atoms with Gasteiger partial charge in [-0.25, -0.2) is 0 Å². The fourth-order valence-corrected chi connectivity index (χ4v) is 2.15. The van der Waals surface area contributed by atoms with Gasteiger partial charge in [-0.3, -0.25) is 0 Å². The van der Waals surface area contributed by atoms with Crippen LogP contribution in [-0.2, 0) is 0 Å². The Morgan fingerprint density at radius 2 is 1.94 bits per heavy atom. The van der Waals surface area contributed by atoms with Gasteiger partial charge in [-0.15, -0.1) is 11.8 Å². The highest BCUT2D eigenvalue weighted by Crippen LogP contribution is 2.20. The smallest absolute Gasteiger partial charge is 0.118 e. The molecule has 0 aliphatic carbocycles. The molecule has 0 aromatic heterocycles. The fourth-order valence-electron chi connectivity index (χ4n) is 1.34. The van der Waals surface area contributed by atoms with Crippen LogP contribution in [-0.4, -0.2) is 26.0 Å². The Morgan fingerprint density at radius 3 is 2.56 bits per heavy atom. The van der Waals surface area contributed by atoms with E-state index >= 15 is 0 Å². The average Bonchev–Trinajstić information content (AvgIpc) is 2.34. The third-order valence-electron chi connectivity index (χ3n) is 2.31. The lowest BCUT2D eigenvalue weighted by Gasteiger charge is -2.04. The van der Waals surface area contributed by atoms with Crippen LogP contribution < -0.4 is 10.1 Å². The highest BCUT2D eigenvalue weighted by molar-refractivity contribution is 7.99. The number of hydrogen-bond donors (Lipinski definition) is 1. The summed E-state index contributed by atoms with van der Waals surface area (Å²) in [5.41, 5.74) is 0. The quantitative estimate of drug-likeness (QED) is 0.556. The lowest BCUT2D eigenvalue weighted by Crippen LogP contribution is -2.18. The van der Waals surface area contributed by atoms with Crippen molar-refractivity contribution in [3.05, 3.63) is 24.3 Å². The molecule has 0 heterocycles. The van der Waals surface area contributed by atoms with Crippen molar-refractivity contribution in [2.24, 2.45) is 0 Å². The number of hydrogen-bond acceptors (Lipinski definition) is 3. The molecule has 0 unspecified atom stereocenters. The van der Waals surface area contributed by atoms with E-state index in [2.05, 4.69) is 24.4 Å². The minimum absolute atomic E-state index is 0.922. The Morgan fingerprint density at radius 1 is 1.19 bits per heavy atom. The topological polar surface area (TPSA) is 21.3 Å². The highest BCUT2D eigenvalue weighted by Gasteiger charge is 1.95. The van der Waals surface area contributed by atoms with E-state index in [1.54, 1.807) is 7.11 Å². The maximum atomic E-state index is 5.12. The van der Waals surface area contributed by atoms with Gasteiger partial charge < -0.3 is 10.1 Å². The molecule has 1 aromatic carbocycles. The molecule has 0 saturated carbocycles. The van der Waals surface area contributed by atoms with E-state index in [-0.39, 0.29) is 0 Å². The van der Waals surface area contributed by atoms with Gasteiger partial charge in [0.05, 0.1) is 7.11 Å². The van der Waals surface area contributed by atoms with Gasteiger partial charge in [-0.1, -0.05) is 13.3 Å². The number of unbranched alkanes of at least 4 members (excludes halogenated alkanes) is 1. The molecule has 1 rings (SSSR count). The summed E-state index contributed by atoms with van der Waals surface area (Å²) < 4.78 is 5.12. The number of methoxy groups -OCH3 is 1. The van der Waals surface area contributed by atoms with Crippen molar-refractivity contribution in [1.29, 1.82) is 0 Å². The van der Waals surface area contributed by atoms with Gasteiger partial charge in [0, 0.05) is 17.2 Å². The third kappa shape index (κ3) is 5.42. The van der Waals surface area contributed by atoms with E-state index in [1.807, 2.05) is 23.9 Å². The maximum absolute atomic E-state index is 5.12. The number of thioether (sulfide) groups is 1. The molecular formula is C13H21NOS. The second-order valence-electron chi connectivity index (χ2n) is 3.63. The minimum atomic E-state index is 0.922. The first-order chi connectivity index (χ1) is 7.86. The molecular weight excluding hydrogens is 218 g/mol. The van der Waals surface area contributed by atoms with E-state index < -0.39 is 0 Å². The zero-order valence-electron chi connectivity index (χ0n) is 10.2. The summed E-state index contributed by atoms with van der Waals surface area (Å²) in [4.78, 5) is 1.30. The first-order valence-corrected chi connectivity index (χ1v) is 6.83. The van der Waals surface area contributed by atoms with Crippen LogP contribution >= 0.6 is 11.8 Å². The molecule has 0 radical (unpaired) electrons. The molecule has 0 amide bonds. The number of benzene rings is 1. The number of rotatable bonds is 8. The molecule has 1 N–H and O–H groups in total. The molecule has 0 bridgehead atoms. The zero-order chi connectivity index (χ0) is 11.6. The summed E-state index contributed by atoms with van der Waals surface area (Å²) in [6, 6.07) is 8.23. The molecule has 0 aliphatic rings. The van der Waals surface area contributed by atoms with E-state index in [9.17, 15) is 0 Å². The van der Waals surface area contributed by atoms with Gasteiger partial charge in [0.15, 0.2) is 0 Å². The maximum Gasteiger partial charge on any atom is 0.118 e. The van der Waals surface area contributed by atoms with Crippen LogP contribution in [0.2, 0.25) is 0 Å². The summed E-state index contributed by atoms with van der Waals surface area (Å²) in [6.45, 7) is 4.43. The van der Waals surface area contributed by atoms with Gasteiger partial charge >= 0.3 is 0 Å². The Bertz CT molecular complexity index is 274. The predicted octanol–water partition coefficient (Wildman–Crippen LogP) is 3.18. The normalized spacial score (nSPS) is 10.4. The second-order valence-corrected chi connectivity index (χ2v) is 4.80. The Hall–Kier alpha value is -0.670. The van der Waals surface area contributed by atoms with E-state index in [1.165, 1.54) is 17.7 Å². The van der Waals surface area contributed by atoms with Crippen molar-refractivity contribution in [3.63, 3.8) is 0 Å². The lowest BCUT2D eigenvalue weighted by atomic mass is 10.3. The van der Waals surface area contributed by atoms with Crippen molar-refractivity contribution in [3.8, 4) is 5.75 Å². The van der Waals surface area contributed by atoms with Gasteiger partial charge in [-0.2, -0.15) is 0 Å². The van der Waals surface area contributed by atoms with Crippen LogP contribution in [0.15, 0.2) is 29.2 Å². The Kier molecular flexibility index (Phi) is 7.10. The summed E-state index contributed by atoms with van der Waals surface area (Å²) in [5.74, 6) is 2.04. The molecule has 1 aromatic rings. The monoisotopic (exact) mass is 239 g/mol. The van der Waals surface area contributed by atoms with Crippen LogP contribution in [0.1, 0.15) is 19.8 Å². The zero-order valence-corrected chi connectivity index (χ0v) is 11.0. The van der Waals surface area contributed by atoms with Crippen LogP contribution in [0, 0.1) is 0 Å². The first kappa shape index (κ1) is 13.4. The highest BCUT2D eigenvalue weighted by atomic mass is 32.2. The largest absolute Gasteiger partial charge is 0.497 e. The van der Waals surface area contributed by atoms with Crippen LogP contribution in [0.3, 0.4) is 0 Å². The Labute approximate surface area is 103 Å². The average molecular weight is 239 g/mol. The molecule has 2 nitrogen and oxygen atoms in total. The summed E-state index contributed by atoms with van der Waals surface area (Å²) >= 11 is 1.88. The number of ether oxygens (including phenoxy) is 1. The molecule has 0 atom stereocenters. The van der Waals surface area contributed by atoms with E-state index in [4.69, 9.17) is 4.74 Å². The molecule has 0 saturated heterocycles. The van der Waals surface area contributed by atoms with Gasteiger partial charge in [0.1, 0.15) is 5.75 Å². The summed E-state index contributed by atoms with van der Waals surface area (Å²) in [7, 11) is 1.69. The molecule has 16 heavy (non-hydrogen) atoms. The molecule has 90 valence electrons. The summed E-state index contributed by atoms with van der Waals surface area (Å²) in [5, 5.41) is 3.43. The second kappa shape index (κ2) is 8.48. The molecule has 0 spiro atoms. The predicted molar refractivity (Wildman–Crippen MR) is 71.5 cm³/mol. The molecule has 0 aliphatic heterocycles. The van der Waals surface area contributed by atoms with Crippen molar-refractivity contribution >= 4 is 11.8 Å². The van der Waals surface area contributed by atoms with Gasteiger partial charge in [0.25, 0.3) is 0 Å². The van der Waals surface area contributed by atoms with Crippen molar-refractivity contribution in [1.82, 2.24) is 5.32 Å². The van der Waals surface area contributed by atoms with Crippen molar-refractivity contribution < 1.29 is 4.74 Å². The van der Waals surface area contributed by atoms with Crippen LogP contribution in [0.5, 0.6) is 5.75 Å². The SMILES string of the molecule is CCCCNCCSc1ccc(OC)cc1. The fraction of sp³-hybridized carbons (Fsp3) is 0.538. The number of nitrogens with one attached hydrogen (secondary N) is 1. The lowest BCUT2D eigenvalue weighted by molar-refractivity contribution is 0.414. The first-order valence-electron chi connectivity index (χ1n) is 5.84. The van der Waals surface area contributed by atoms with Crippen LogP contribution in [0.4, 0.5) is 0 Å². The van der Waals surface area contributed by atoms with Crippen LogP contribution in [0.25, 0.3) is 0 Å². The standard InChI is InChI=1S/C13H21NOS/c1-3-4-9-14-10-11-16-13-7-5-12(15-2)6-8-13/h5-8,14H,3-4,9-11H2,1-2H3. The van der Waals surface area contributed by atoms with E-state index in [0.29, 0.717) is 0 Å². The van der Waals surface area contributed by atoms with Crippen molar-refractivity contribution in [2.75, 3.05) is 26.0 Å². The van der Waals surface area contributed by atoms with E-state index in [0.717, 1.165) is 24.6 Å². The summed E-state index contributed by atoms with van der Waals surface area (Å²) in [6.07, 6.45) is 2.53.